The van der Waals surface area contributed by atoms with E-state index in [2.05, 4.69) is 6.58 Å². The number of phenolic OH excluding ortho intramolecular Hbond substituents is 1. The number of phenols is 1. The monoisotopic (exact) mass is 300 g/mol. The molecule has 2 rings (SSSR count). The zero-order valence-corrected chi connectivity index (χ0v) is 12.7. The van der Waals surface area contributed by atoms with Crippen LogP contribution in [0.25, 0.3) is 0 Å². The van der Waals surface area contributed by atoms with Gasteiger partial charge in [-0.1, -0.05) is 24.3 Å². The van der Waals surface area contributed by atoms with Crippen molar-refractivity contribution >= 4 is 0 Å². The van der Waals surface area contributed by atoms with E-state index in [0.29, 0.717) is 17.1 Å². The Kier molecular flexibility index (Phi) is 5.07. The molecular weight excluding hydrogens is 280 g/mol. The largest absolute Gasteiger partial charge is 0.508 e. The van der Waals surface area contributed by atoms with Gasteiger partial charge in [-0.15, -0.1) is 6.58 Å². The van der Waals surface area contributed by atoms with Crippen LogP contribution in [0.3, 0.4) is 0 Å². The molecule has 0 radical (unpaired) electrons. The van der Waals surface area contributed by atoms with Gasteiger partial charge in [-0.05, 0) is 18.2 Å². The lowest BCUT2D eigenvalue weighted by atomic mass is 9.89. The van der Waals surface area contributed by atoms with Crippen LogP contribution in [0.15, 0.2) is 49.1 Å². The van der Waals surface area contributed by atoms with Crippen molar-refractivity contribution in [1.29, 1.82) is 0 Å². The predicted molar refractivity (Wildman–Crippen MR) is 85.6 cm³/mol. The van der Waals surface area contributed by atoms with Gasteiger partial charge in [-0.2, -0.15) is 0 Å². The number of allylic oxidation sites excluding steroid dienone is 1. The summed E-state index contributed by atoms with van der Waals surface area (Å²) in [5, 5.41) is 19.5. The van der Waals surface area contributed by atoms with Gasteiger partial charge in [-0.25, -0.2) is 0 Å². The smallest absolute Gasteiger partial charge is 0.124 e. The average Bonchev–Trinajstić information content (AvgIpc) is 2.56. The molecule has 0 unspecified atom stereocenters. The zero-order chi connectivity index (χ0) is 16.1. The fourth-order valence-electron chi connectivity index (χ4n) is 2.52. The lowest BCUT2D eigenvalue weighted by Gasteiger charge is -2.20. The summed E-state index contributed by atoms with van der Waals surface area (Å²) in [6.07, 6.45) is 1.74. The first-order valence-electron chi connectivity index (χ1n) is 6.92. The molecule has 0 spiro atoms. The van der Waals surface area contributed by atoms with Crippen molar-refractivity contribution < 1.29 is 19.7 Å². The van der Waals surface area contributed by atoms with Crippen LogP contribution in [-0.2, 0) is 6.61 Å². The maximum atomic E-state index is 10.1. The van der Waals surface area contributed by atoms with E-state index in [-0.39, 0.29) is 18.3 Å². The van der Waals surface area contributed by atoms with E-state index in [4.69, 9.17) is 9.47 Å². The van der Waals surface area contributed by atoms with Gasteiger partial charge in [0.25, 0.3) is 0 Å². The van der Waals surface area contributed by atoms with E-state index in [0.717, 1.165) is 11.1 Å². The van der Waals surface area contributed by atoms with Gasteiger partial charge in [0.15, 0.2) is 0 Å². The summed E-state index contributed by atoms with van der Waals surface area (Å²) in [5.74, 6) is 1.12. The highest BCUT2D eigenvalue weighted by Gasteiger charge is 2.20. The molecule has 2 N–H and O–H groups in total. The third-order valence-electron chi connectivity index (χ3n) is 3.65. The number of ether oxygens (including phenoxy) is 2. The Morgan fingerprint density at radius 2 is 1.77 bits per heavy atom. The molecule has 0 fully saturated rings. The zero-order valence-electron chi connectivity index (χ0n) is 12.7. The number of aliphatic hydroxyl groups excluding tert-OH is 1. The van der Waals surface area contributed by atoms with Crippen LogP contribution in [0.2, 0.25) is 0 Å². The number of hydrogen-bond acceptors (Lipinski definition) is 4. The fourth-order valence-corrected chi connectivity index (χ4v) is 2.52. The van der Waals surface area contributed by atoms with Crippen LogP contribution in [0, 0.1) is 0 Å². The van der Waals surface area contributed by atoms with Gasteiger partial charge in [-0.3, -0.25) is 0 Å². The van der Waals surface area contributed by atoms with Crippen LogP contribution in [-0.4, -0.2) is 24.4 Å². The normalized spacial score (nSPS) is 11.8. The quantitative estimate of drug-likeness (QED) is 0.804. The minimum absolute atomic E-state index is 0.144. The fraction of sp³-hybridized carbons (Fsp3) is 0.222. The maximum Gasteiger partial charge on any atom is 0.124 e. The van der Waals surface area contributed by atoms with E-state index >= 15 is 0 Å². The molecule has 0 saturated heterocycles. The molecule has 4 nitrogen and oxygen atoms in total. The summed E-state index contributed by atoms with van der Waals surface area (Å²) >= 11 is 0. The van der Waals surface area contributed by atoms with Crippen molar-refractivity contribution in [2.24, 2.45) is 0 Å². The van der Waals surface area contributed by atoms with E-state index < -0.39 is 0 Å². The third-order valence-corrected chi connectivity index (χ3v) is 3.65. The molecule has 22 heavy (non-hydrogen) atoms. The number of para-hydroxylation sites is 1. The van der Waals surface area contributed by atoms with Crippen molar-refractivity contribution in [3.63, 3.8) is 0 Å². The van der Waals surface area contributed by atoms with Crippen LogP contribution >= 0.6 is 0 Å². The molecule has 0 saturated carbocycles. The van der Waals surface area contributed by atoms with Crippen LogP contribution in [0.4, 0.5) is 0 Å². The van der Waals surface area contributed by atoms with Crippen LogP contribution in [0.1, 0.15) is 22.6 Å². The lowest BCUT2D eigenvalue weighted by Crippen LogP contribution is -2.04. The van der Waals surface area contributed by atoms with E-state index in [1.165, 1.54) is 0 Å². The second-order valence-corrected chi connectivity index (χ2v) is 4.84. The Morgan fingerprint density at radius 1 is 1.09 bits per heavy atom. The second-order valence-electron chi connectivity index (χ2n) is 4.84. The van der Waals surface area contributed by atoms with Gasteiger partial charge >= 0.3 is 0 Å². The van der Waals surface area contributed by atoms with Gasteiger partial charge in [0.2, 0.25) is 0 Å². The van der Waals surface area contributed by atoms with Crippen molar-refractivity contribution in [3.05, 3.63) is 65.7 Å². The number of benzene rings is 2. The first-order chi connectivity index (χ1) is 10.7. The van der Waals surface area contributed by atoms with Crippen LogP contribution < -0.4 is 9.47 Å². The van der Waals surface area contributed by atoms with Gasteiger partial charge in [0.1, 0.15) is 17.2 Å². The number of methoxy groups -OCH3 is 2. The van der Waals surface area contributed by atoms with Gasteiger partial charge in [0.05, 0.1) is 20.8 Å². The summed E-state index contributed by atoms with van der Waals surface area (Å²) < 4.78 is 10.8. The molecule has 2 aromatic carbocycles. The van der Waals surface area contributed by atoms with E-state index in [1.54, 1.807) is 38.5 Å². The molecular formula is C18H20O4. The molecule has 0 heterocycles. The molecule has 116 valence electrons. The van der Waals surface area contributed by atoms with Gasteiger partial charge < -0.3 is 19.7 Å². The van der Waals surface area contributed by atoms with Crippen molar-refractivity contribution in [3.8, 4) is 17.2 Å². The standard InChI is InChI=1S/C18H20O4/c1-4-13(14-7-5-6-8-16(14)20)15-10-17(21-2)12(11-19)9-18(15)22-3/h4-10,13,19-20H,1,11H2,2-3H3/t13-/m1/s1. The van der Waals surface area contributed by atoms with Crippen molar-refractivity contribution in [2.75, 3.05) is 14.2 Å². The molecule has 0 aliphatic carbocycles. The molecule has 0 bridgehead atoms. The van der Waals surface area contributed by atoms with E-state index in [1.807, 2.05) is 18.2 Å². The summed E-state index contributed by atoms with van der Waals surface area (Å²) in [6.45, 7) is 3.73. The SMILES string of the molecule is C=C[C@H](c1ccccc1O)c1cc(OC)c(CO)cc1OC. The first-order valence-corrected chi connectivity index (χ1v) is 6.92. The first kappa shape index (κ1) is 15.9. The minimum atomic E-state index is -0.252. The molecule has 0 amide bonds. The highest BCUT2D eigenvalue weighted by molar-refractivity contribution is 5.54. The molecule has 4 heteroatoms. The van der Waals surface area contributed by atoms with E-state index in [9.17, 15) is 10.2 Å². The summed E-state index contributed by atoms with van der Waals surface area (Å²) in [5.41, 5.74) is 2.19. The summed E-state index contributed by atoms with van der Waals surface area (Å²) in [6, 6.07) is 10.7. The number of rotatable bonds is 6. The minimum Gasteiger partial charge on any atom is -0.508 e. The molecule has 2 aromatic rings. The van der Waals surface area contributed by atoms with Crippen LogP contribution in [0.5, 0.6) is 17.2 Å². The number of hydrogen-bond donors (Lipinski definition) is 2. The number of aliphatic hydroxyl groups is 1. The number of aromatic hydroxyl groups is 1. The Morgan fingerprint density at radius 3 is 2.32 bits per heavy atom. The molecule has 0 aromatic heterocycles. The molecule has 1 atom stereocenters. The van der Waals surface area contributed by atoms with Crippen molar-refractivity contribution in [2.45, 2.75) is 12.5 Å². The molecule has 0 aliphatic heterocycles. The highest BCUT2D eigenvalue weighted by atomic mass is 16.5. The average molecular weight is 300 g/mol. The Hall–Kier alpha value is -2.46. The second kappa shape index (κ2) is 7.00. The molecule has 0 aliphatic rings. The Balaban J connectivity index is 2.62. The lowest BCUT2D eigenvalue weighted by molar-refractivity contribution is 0.272. The summed E-state index contributed by atoms with van der Waals surface area (Å²) in [7, 11) is 3.12. The Bertz CT molecular complexity index is 664. The predicted octanol–water partition coefficient (Wildman–Crippen LogP) is 3.22. The Labute approximate surface area is 130 Å². The highest BCUT2D eigenvalue weighted by Crippen LogP contribution is 2.40. The van der Waals surface area contributed by atoms with Gasteiger partial charge in [0, 0.05) is 22.6 Å². The topological polar surface area (TPSA) is 58.9 Å². The summed E-state index contributed by atoms with van der Waals surface area (Å²) in [4.78, 5) is 0. The van der Waals surface area contributed by atoms with Crippen molar-refractivity contribution in [1.82, 2.24) is 0 Å². The maximum absolute atomic E-state index is 10.1. The third kappa shape index (κ3) is 2.92.